The lowest BCUT2D eigenvalue weighted by Gasteiger charge is -2.14. The molecular formula is C20H15ISi. The maximum Gasteiger partial charge on any atom is 0.171 e. The predicted octanol–water partition coefficient (Wildman–Crippen LogP) is 4.27. The first-order valence-corrected chi connectivity index (χ1v) is 12.8. The molecule has 4 aromatic carbocycles. The van der Waals surface area contributed by atoms with Crippen molar-refractivity contribution in [2.24, 2.45) is 0 Å². The molecule has 0 N–H and O–H groups in total. The van der Waals surface area contributed by atoms with Crippen molar-refractivity contribution in [1.29, 1.82) is 0 Å². The minimum Gasteiger partial charge on any atom is -0.111 e. The first kappa shape index (κ1) is 14.0. The number of halogens is 1. The van der Waals surface area contributed by atoms with Crippen LogP contribution in [0.1, 0.15) is 0 Å². The van der Waals surface area contributed by atoms with E-state index in [1.54, 1.807) is 0 Å². The lowest BCUT2D eigenvalue weighted by molar-refractivity contribution is 1.77. The Labute approximate surface area is 144 Å². The summed E-state index contributed by atoms with van der Waals surface area (Å²) in [6, 6.07) is 30.9. The highest BCUT2D eigenvalue weighted by Crippen LogP contribution is 2.17. The second-order valence-electron chi connectivity index (χ2n) is 5.50. The van der Waals surface area contributed by atoms with E-state index in [9.17, 15) is 0 Å². The number of fused-ring (bicyclic) bond motifs is 2. The van der Waals surface area contributed by atoms with E-state index in [0.29, 0.717) is 0 Å². The van der Waals surface area contributed by atoms with Crippen LogP contribution in [0.4, 0.5) is 0 Å². The van der Waals surface area contributed by atoms with Gasteiger partial charge >= 0.3 is 0 Å². The van der Waals surface area contributed by atoms with Crippen LogP contribution in [0.2, 0.25) is 0 Å². The molecule has 0 nitrogen and oxygen atoms in total. The molecule has 4 rings (SSSR count). The Bertz CT molecular complexity index is 872. The summed E-state index contributed by atoms with van der Waals surface area (Å²) in [6.45, 7) is 0. The van der Waals surface area contributed by atoms with E-state index < -0.39 is 6.29 Å². The maximum atomic E-state index is 2.71. The van der Waals surface area contributed by atoms with Gasteiger partial charge in [0, 0.05) is 0 Å². The van der Waals surface area contributed by atoms with Crippen LogP contribution in [-0.4, -0.2) is 6.29 Å². The molecule has 0 aromatic heterocycles. The monoisotopic (exact) mass is 410 g/mol. The second kappa shape index (κ2) is 5.86. The smallest absolute Gasteiger partial charge is 0.111 e. The second-order valence-corrected chi connectivity index (χ2v) is 11.2. The summed E-state index contributed by atoms with van der Waals surface area (Å²) in [5, 5.41) is 8.54. The molecule has 0 amide bonds. The highest BCUT2D eigenvalue weighted by Gasteiger charge is 2.17. The Morgan fingerprint density at radius 2 is 0.909 bits per heavy atom. The van der Waals surface area contributed by atoms with Gasteiger partial charge in [0.25, 0.3) is 0 Å². The maximum absolute atomic E-state index is 2.71. The number of hydrogen-bond acceptors (Lipinski definition) is 0. The molecule has 4 aromatic rings. The van der Waals surface area contributed by atoms with Gasteiger partial charge in [-0.3, -0.25) is 0 Å². The van der Waals surface area contributed by atoms with E-state index in [2.05, 4.69) is 107 Å². The molecule has 0 spiro atoms. The van der Waals surface area contributed by atoms with Crippen molar-refractivity contribution in [1.82, 2.24) is 0 Å². The molecule has 106 valence electrons. The molecule has 0 unspecified atom stereocenters. The van der Waals surface area contributed by atoms with Gasteiger partial charge in [0.15, 0.2) is 6.29 Å². The quantitative estimate of drug-likeness (QED) is 0.263. The molecule has 0 saturated heterocycles. The SMILES string of the molecule is I[SiH](c1cccc2ccccc12)c1cccc2ccccc12. The van der Waals surface area contributed by atoms with E-state index in [1.165, 1.54) is 31.9 Å². The van der Waals surface area contributed by atoms with Crippen LogP contribution in [0.3, 0.4) is 0 Å². The molecule has 0 fully saturated rings. The van der Waals surface area contributed by atoms with Crippen LogP contribution in [0, 0.1) is 0 Å². The van der Waals surface area contributed by atoms with Crippen LogP contribution < -0.4 is 10.4 Å². The Balaban J connectivity index is 1.94. The summed E-state index contributed by atoms with van der Waals surface area (Å²) in [7, 11) is 0. The zero-order chi connectivity index (χ0) is 14.9. The average Bonchev–Trinajstić information content (AvgIpc) is 2.60. The van der Waals surface area contributed by atoms with Gasteiger partial charge < -0.3 is 0 Å². The molecular weight excluding hydrogens is 395 g/mol. The lowest BCUT2D eigenvalue weighted by Crippen LogP contribution is -2.37. The van der Waals surface area contributed by atoms with Crippen molar-refractivity contribution >= 4 is 60.0 Å². The molecule has 0 aliphatic heterocycles. The van der Waals surface area contributed by atoms with Gasteiger partial charge in [-0.2, -0.15) is 0 Å². The van der Waals surface area contributed by atoms with Crippen LogP contribution in [0.5, 0.6) is 0 Å². The number of benzene rings is 4. The first-order chi connectivity index (χ1) is 10.8. The predicted molar refractivity (Wildman–Crippen MR) is 108 cm³/mol. The fourth-order valence-electron chi connectivity index (χ4n) is 3.11. The Morgan fingerprint density at radius 3 is 1.41 bits per heavy atom. The number of hydrogen-bond donors (Lipinski definition) is 0. The standard InChI is InChI=1S/C20H15ISi/c21-22(19-13-5-9-15-7-1-3-11-17(15)19)20-14-6-10-16-8-2-4-12-18(16)20/h1-14,22H. The average molecular weight is 410 g/mol. The van der Waals surface area contributed by atoms with Crippen molar-refractivity contribution in [2.75, 3.05) is 0 Å². The van der Waals surface area contributed by atoms with Crippen molar-refractivity contribution in [3.63, 3.8) is 0 Å². The van der Waals surface area contributed by atoms with E-state index in [1.807, 2.05) is 0 Å². The van der Waals surface area contributed by atoms with Gasteiger partial charge in [0.1, 0.15) is 0 Å². The Hall–Kier alpha value is -1.65. The Morgan fingerprint density at radius 1 is 0.500 bits per heavy atom. The molecule has 0 aliphatic rings. The summed E-state index contributed by atoms with van der Waals surface area (Å²) < 4.78 is 0. The minimum absolute atomic E-state index is 1.25. The number of rotatable bonds is 2. The van der Waals surface area contributed by atoms with E-state index >= 15 is 0 Å². The van der Waals surface area contributed by atoms with E-state index in [-0.39, 0.29) is 0 Å². The molecule has 0 radical (unpaired) electrons. The van der Waals surface area contributed by atoms with Crippen molar-refractivity contribution in [3.05, 3.63) is 84.9 Å². The topological polar surface area (TPSA) is 0 Å². The van der Waals surface area contributed by atoms with Crippen molar-refractivity contribution < 1.29 is 0 Å². The third kappa shape index (κ3) is 2.36. The van der Waals surface area contributed by atoms with Crippen molar-refractivity contribution in [2.45, 2.75) is 0 Å². The van der Waals surface area contributed by atoms with Crippen molar-refractivity contribution in [3.8, 4) is 0 Å². The molecule has 0 heterocycles. The molecule has 0 bridgehead atoms. The third-order valence-electron chi connectivity index (χ3n) is 4.19. The van der Waals surface area contributed by atoms with Crippen LogP contribution in [-0.2, 0) is 0 Å². The van der Waals surface area contributed by atoms with E-state index in [4.69, 9.17) is 0 Å². The van der Waals surface area contributed by atoms with Crippen LogP contribution in [0.25, 0.3) is 21.5 Å². The minimum atomic E-state index is -1.25. The van der Waals surface area contributed by atoms with Crippen LogP contribution >= 0.6 is 21.8 Å². The van der Waals surface area contributed by atoms with Gasteiger partial charge in [-0.25, -0.2) is 0 Å². The van der Waals surface area contributed by atoms with Gasteiger partial charge in [-0.15, -0.1) is 21.8 Å². The normalized spacial score (nSPS) is 11.4. The fourth-order valence-corrected chi connectivity index (χ4v) is 8.34. The summed E-state index contributed by atoms with van der Waals surface area (Å²) in [6.07, 6.45) is -1.25. The fraction of sp³-hybridized carbons (Fsp3) is 0. The molecule has 0 saturated carbocycles. The van der Waals surface area contributed by atoms with Gasteiger partial charge in [-0.1, -0.05) is 84.9 Å². The van der Waals surface area contributed by atoms with Gasteiger partial charge in [0.05, 0.1) is 0 Å². The summed E-state index contributed by atoms with van der Waals surface area (Å²) in [4.78, 5) is 0. The van der Waals surface area contributed by atoms with Gasteiger partial charge in [0.2, 0.25) is 0 Å². The van der Waals surface area contributed by atoms with Gasteiger partial charge in [-0.05, 0) is 31.9 Å². The van der Waals surface area contributed by atoms with Crippen LogP contribution in [0.15, 0.2) is 84.9 Å². The summed E-state index contributed by atoms with van der Waals surface area (Å²) in [5.74, 6) is 0. The third-order valence-corrected chi connectivity index (χ3v) is 10.3. The molecule has 0 atom stereocenters. The summed E-state index contributed by atoms with van der Waals surface area (Å²) >= 11 is 2.71. The molecule has 2 heteroatoms. The largest absolute Gasteiger partial charge is 0.171 e. The zero-order valence-corrected chi connectivity index (χ0v) is 15.4. The molecule has 22 heavy (non-hydrogen) atoms. The molecule has 0 aliphatic carbocycles. The highest BCUT2D eigenvalue weighted by molar-refractivity contribution is 14.1. The first-order valence-electron chi connectivity index (χ1n) is 7.44. The van der Waals surface area contributed by atoms with E-state index in [0.717, 1.165) is 0 Å². The lowest BCUT2D eigenvalue weighted by atomic mass is 10.1. The highest BCUT2D eigenvalue weighted by atomic mass is 127. The summed E-state index contributed by atoms with van der Waals surface area (Å²) in [5.41, 5.74) is 0. The Kier molecular flexibility index (Phi) is 3.72. The zero-order valence-electron chi connectivity index (χ0n) is 12.0.